The number of anilines is 1. The first-order valence-corrected chi connectivity index (χ1v) is 11.4. The minimum absolute atomic E-state index is 0.0316. The third-order valence-corrected chi connectivity index (χ3v) is 6.99. The molecular formula is C23H26FN7OS. The summed E-state index contributed by atoms with van der Waals surface area (Å²) in [7, 11) is 0. The van der Waals surface area contributed by atoms with Gasteiger partial charge in [0, 0.05) is 31.1 Å². The average Bonchev–Trinajstić information content (AvgIpc) is 3.31. The van der Waals surface area contributed by atoms with Crippen LogP contribution in [0, 0.1) is 16.6 Å². The molecule has 172 valence electrons. The maximum absolute atomic E-state index is 14.7. The summed E-state index contributed by atoms with van der Waals surface area (Å²) in [6.07, 6.45) is 5.38. The van der Waals surface area contributed by atoms with E-state index < -0.39 is 5.82 Å². The SMILES string of the molecule is N=C(N)N1CC=C(c2ccc(NC(=O)c3ccc(C4=CCN(C(=N)N)CC4)s3)c(F)c2)CC1. The molecule has 1 aromatic heterocycles. The minimum atomic E-state index is -0.494. The maximum Gasteiger partial charge on any atom is 0.265 e. The molecule has 10 heteroatoms. The zero-order valence-electron chi connectivity index (χ0n) is 18.0. The van der Waals surface area contributed by atoms with Crippen LogP contribution in [0.2, 0.25) is 0 Å². The second-order valence-electron chi connectivity index (χ2n) is 7.93. The van der Waals surface area contributed by atoms with E-state index in [4.69, 9.17) is 22.3 Å². The van der Waals surface area contributed by atoms with Crippen LogP contribution in [0.25, 0.3) is 11.1 Å². The smallest absolute Gasteiger partial charge is 0.265 e. The van der Waals surface area contributed by atoms with Gasteiger partial charge in [0.1, 0.15) is 5.82 Å². The number of carbonyl (C=O) groups is 1. The second kappa shape index (κ2) is 9.45. The van der Waals surface area contributed by atoms with Gasteiger partial charge in [-0.15, -0.1) is 11.3 Å². The lowest BCUT2D eigenvalue weighted by Gasteiger charge is -2.26. The zero-order valence-corrected chi connectivity index (χ0v) is 18.8. The number of nitrogens with one attached hydrogen (secondary N) is 3. The third kappa shape index (κ3) is 5.06. The number of benzene rings is 1. The molecule has 0 unspecified atom stereocenters. The fraction of sp³-hybridized carbons (Fsp3) is 0.261. The van der Waals surface area contributed by atoms with Crippen LogP contribution in [0.15, 0.2) is 42.5 Å². The molecule has 7 N–H and O–H groups in total. The number of rotatable bonds is 4. The van der Waals surface area contributed by atoms with Crippen LogP contribution in [0.3, 0.4) is 0 Å². The van der Waals surface area contributed by atoms with Gasteiger partial charge in [-0.1, -0.05) is 18.2 Å². The Morgan fingerprint density at radius 1 is 0.970 bits per heavy atom. The van der Waals surface area contributed by atoms with E-state index in [1.165, 1.54) is 17.4 Å². The van der Waals surface area contributed by atoms with E-state index in [1.807, 2.05) is 18.2 Å². The molecule has 2 aromatic rings. The van der Waals surface area contributed by atoms with Gasteiger partial charge in [0.2, 0.25) is 0 Å². The van der Waals surface area contributed by atoms with Crippen molar-refractivity contribution < 1.29 is 9.18 Å². The molecule has 0 spiro atoms. The molecule has 0 fully saturated rings. The number of carbonyl (C=O) groups excluding carboxylic acids is 1. The number of nitrogens with zero attached hydrogens (tertiary/aromatic N) is 2. The predicted octanol–water partition coefficient (Wildman–Crippen LogP) is 3.10. The van der Waals surface area contributed by atoms with Gasteiger partial charge in [-0.05, 0) is 53.8 Å². The number of guanidine groups is 2. The van der Waals surface area contributed by atoms with E-state index in [9.17, 15) is 9.18 Å². The van der Waals surface area contributed by atoms with E-state index >= 15 is 0 Å². The van der Waals surface area contributed by atoms with E-state index in [0.717, 1.165) is 28.0 Å². The number of nitrogens with two attached hydrogens (primary N) is 2. The summed E-state index contributed by atoms with van der Waals surface area (Å²) in [5.41, 5.74) is 14.1. The summed E-state index contributed by atoms with van der Waals surface area (Å²) in [5.74, 6) is -0.757. The topological polar surface area (TPSA) is 135 Å². The Balaban J connectivity index is 1.41. The van der Waals surface area contributed by atoms with Gasteiger partial charge in [-0.3, -0.25) is 15.6 Å². The van der Waals surface area contributed by atoms with Gasteiger partial charge < -0.3 is 26.6 Å². The molecule has 0 saturated carbocycles. The Bertz CT molecular complexity index is 1170. The summed E-state index contributed by atoms with van der Waals surface area (Å²) in [4.78, 5) is 17.7. The highest BCUT2D eigenvalue weighted by Gasteiger charge is 2.19. The summed E-state index contributed by atoms with van der Waals surface area (Å²) >= 11 is 1.36. The molecule has 3 heterocycles. The molecule has 33 heavy (non-hydrogen) atoms. The molecule has 2 aliphatic heterocycles. The van der Waals surface area contributed by atoms with Crippen LogP contribution in [0.4, 0.5) is 10.1 Å². The van der Waals surface area contributed by atoms with Crippen molar-refractivity contribution >= 4 is 46.0 Å². The van der Waals surface area contributed by atoms with Crippen molar-refractivity contribution in [2.24, 2.45) is 11.5 Å². The summed E-state index contributed by atoms with van der Waals surface area (Å²) in [5, 5.41) is 17.7. The number of hydrogen-bond donors (Lipinski definition) is 5. The van der Waals surface area contributed by atoms with Crippen molar-refractivity contribution in [2.45, 2.75) is 12.8 Å². The van der Waals surface area contributed by atoms with Crippen LogP contribution in [-0.2, 0) is 0 Å². The quantitative estimate of drug-likeness (QED) is 0.348. The Morgan fingerprint density at radius 3 is 2.15 bits per heavy atom. The normalized spacial score (nSPS) is 16.2. The monoisotopic (exact) mass is 467 g/mol. The van der Waals surface area contributed by atoms with E-state index in [2.05, 4.69) is 5.32 Å². The number of amides is 1. The van der Waals surface area contributed by atoms with Crippen LogP contribution in [0.1, 0.15) is 33.0 Å². The highest BCUT2D eigenvalue weighted by atomic mass is 32.1. The van der Waals surface area contributed by atoms with E-state index in [0.29, 0.717) is 37.5 Å². The third-order valence-electron chi connectivity index (χ3n) is 5.83. The maximum atomic E-state index is 14.7. The molecule has 8 nitrogen and oxygen atoms in total. The minimum Gasteiger partial charge on any atom is -0.370 e. The van der Waals surface area contributed by atoms with Crippen molar-refractivity contribution in [3.05, 3.63) is 63.6 Å². The molecule has 1 amide bonds. The average molecular weight is 468 g/mol. The largest absolute Gasteiger partial charge is 0.370 e. The first kappa shape index (κ1) is 22.5. The lowest BCUT2D eigenvalue weighted by atomic mass is 9.99. The lowest BCUT2D eigenvalue weighted by molar-refractivity contribution is 0.103. The number of halogens is 1. The first-order chi connectivity index (χ1) is 15.8. The van der Waals surface area contributed by atoms with Crippen LogP contribution in [-0.4, -0.2) is 53.8 Å². The highest BCUT2D eigenvalue weighted by molar-refractivity contribution is 7.15. The zero-order chi connectivity index (χ0) is 23.5. The van der Waals surface area contributed by atoms with Gasteiger partial charge in [0.15, 0.2) is 11.9 Å². The van der Waals surface area contributed by atoms with E-state index in [1.54, 1.807) is 28.0 Å². The van der Waals surface area contributed by atoms with Gasteiger partial charge in [0.05, 0.1) is 10.6 Å². The molecular weight excluding hydrogens is 441 g/mol. The van der Waals surface area contributed by atoms with Crippen molar-refractivity contribution in [1.82, 2.24) is 9.80 Å². The Hall–Kier alpha value is -3.66. The predicted molar refractivity (Wildman–Crippen MR) is 131 cm³/mol. The van der Waals surface area contributed by atoms with Crippen molar-refractivity contribution in [2.75, 3.05) is 31.5 Å². The van der Waals surface area contributed by atoms with Crippen molar-refractivity contribution in [3.63, 3.8) is 0 Å². The number of thiophene rings is 1. The Labute approximate surface area is 195 Å². The van der Waals surface area contributed by atoms with Crippen molar-refractivity contribution in [1.29, 1.82) is 10.8 Å². The molecule has 2 aliphatic rings. The highest BCUT2D eigenvalue weighted by Crippen LogP contribution is 2.30. The summed E-state index contributed by atoms with van der Waals surface area (Å²) in [6.45, 7) is 2.38. The standard InChI is InChI=1S/C23H26FN7OS/c24-17-13-16(14-5-9-30(10-6-14)22(25)26)1-2-18(17)29-21(32)20-4-3-19(33-20)15-7-11-31(12-8-15)23(27)28/h1-5,7,13H,6,8-12H2,(H3,25,26)(H3,27,28)(H,29,32). The molecule has 1 aromatic carbocycles. The van der Waals surface area contributed by atoms with Crippen LogP contribution >= 0.6 is 11.3 Å². The van der Waals surface area contributed by atoms with E-state index in [-0.39, 0.29) is 23.5 Å². The molecule has 0 bridgehead atoms. The second-order valence-corrected chi connectivity index (χ2v) is 9.02. The number of hydrogen-bond acceptors (Lipinski definition) is 4. The molecule has 4 rings (SSSR count). The fourth-order valence-corrected chi connectivity index (χ4v) is 4.86. The molecule has 0 atom stereocenters. The Morgan fingerprint density at radius 2 is 1.61 bits per heavy atom. The summed E-state index contributed by atoms with van der Waals surface area (Å²) in [6, 6.07) is 8.44. The van der Waals surface area contributed by atoms with Crippen molar-refractivity contribution in [3.8, 4) is 0 Å². The summed E-state index contributed by atoms with van der Waals surface area (Å²) < 4.78 is 14.7. The molecule has 0 aliphatic carbocycles. The fourth-order valence-electron chi connectivity index (χ4n) is 3.89. The van der Waals surface area contributed by atoms with Gasteiger partial charge in [0.25, 0.3) is 5.91 Å². The Kier molecular flexibility index (Phi) is 6.45. The molecule has 0 radical (unpaired) electrons. The van der Waals surface area contributed by atoms with Crippen LogP contribution in [0.5, 0.6) is 0 Å². The first-order valence-electron chi connectivity index (χ1n) is 10.6. The van der Waals surface area contributed by atoms with Crippen LogP contribution < -0.4 is 16.8 Å². The lowest BCUT2D eigenvalue weighted by Crippen LogP contribution is -2.39. The molecule has 0 saturated heterocycles. The van der Waals surface area contributed by atoms with Gasteiger partial charge >= 0.3 is 0 Å². The van der Waals surface area contributed by atoms with Gasteiger partial charge in [-0.25, -0.2) is 4.39 Å². The van der Waals surface area contributed by atoms with Gasteiger partial charge in [-0.2, -0.15) is 0 Å².